The molecule has 1 amide bonds. The van der Waals surface area contributed by atoms with Crippen LogP contribution in [-0.4, -0.2) is 31.2 Å². The second kappa shape index (κ2) is 9.14. The van der Waals surface area contributed by atoms with Crippen molar-refractivity contribution in [2.45, 2.75) is 0 Å². The first kappa shape index (κ1) is 22.2. The number of halogens is 3. The van der Waals surface area contributed by atoms with Crippen LogP contribution in [0.3, 0.4) is 0 Å². The number of hydrogen-bond acceptors (Lipinski definition) is 5. The number of thiophene rings is 1. The third-order valence-electron chi connectivity index (χ3n) is 4.18. The number of methoxy groups -OCH3 is 2. The number of aromatic carboxylic acids is 1. The highest BCUT2D eigenvalue weighted by Gasteiger charge is 2.25. The standard InChI is InChI=1S/C20H14Cl3NO5S/c1-28-10-5-3-9(4-6-10)18-15(20(26)27)12(8-30-18)24-19(25)14-11(21)7-13(29-2)16(22)17(14)23/h3-8H,1-2H3,(H,24,25)(H,26,27). The van der Waals surface area contributed by atoms with Crippen molar-refractivity contribution in [1.82, 2.24) is 0 Å². The predicted octanol–water partition coefficient (Wildman–Crippen LogP) is 6.34. The number of benzene rings is 2. The van der Waals surface area contributed by atoms with Gasteiger partial charge in [-0.2, -0.15) is 0 Å². The molecule has 1 aromatic heterocycles. The topological polar surface area (TPSA) is 84.9 Å². The molecule has 0 fully saturated rings. The Morgan fingerprint density at radius 2 is 1.67 bits per heavy atom. The van der Waals surface area contributed by atoms with Gasteiger partial charge in [-0.15, -0.1) is 11.3 Å². The maximum absolute atomic E-state index is 12.8. The van der Waals surface area contributed by atoms with Gasteiger partial charge in [0.2, 0.25) is 0 Å². The molecule has 1 heterocycles. The van der Waals surface area contributed by atoms with Gasteiger partial charge in [0.25, 0.3) is 5.91 Å². The Hall–Kier alpha value is -2.45. The van der Waals surface area contributed by atoms with Crippen LogP contribution >= 0.6 is 46.1 Å². The minimum Gasteiger partial charge on any atom is -0.497 e. The Morgan fingerprint density at radius 3 is 2.23 bits per heavy atom. The van der Waals surface area contributed by atoms with Gasteiger partial charge in [0.1, 0.15) is 22.1 Å². The molecule has 0 aliphatic carbocycles. The number of hydrogen-bond donors (Lipinski definition) is 2. The Bertz CT molecular complexity index is 1130. The van der Waals surface area contributed by atoms with Gasteiger partial charge in [-0.3, -0.25) is 4.79 Å². The maximum atomic E-state index is 12.8. The van der Waals surface area contributed by atoms with E-state index in [9.17, 15) is 14.7 Å². The Labute approximate surface area is 190 Å². The normalized spacial score (nSPS) is 10.6. The van der Waals surface area contributed by atoms with Gasteiger partial charge in [0, 0.05) is 11.4 Å². The lowest BCUT2D eigenvalue weighted by atomic mass is 10.1. The summed E-state index contributed by atoms with van der Waals surface area (Å²) < 4.78 is 10.2. The Kier molecular flexibility index (Phi) is 6.77. The van der Waals surface area contributed by atoms with Crippen molar-refractivity contribution in [2.24, 2.45) is 0 Å². The SMILES string of the molecule is COc1ccc(-c2scc(NC(=O)c3c(Cl)cc(OC)c(Cl)c3Cl)c2C(=O)O)cc1. The van der Waals surface area contributed by atoms with E-state index < -0.39 is 11.9 Å². The second-order valence-corrected chi connectivity index (χ2v) is 7.95. The lowest BCUT2D eigenvalue weighted by Gasteiger charge is -2.12. The third kappa shape index (κ3) is 4.20. The van der Waals surface area contributed by atoms with Crippen molar-refractivity contribution in [3.63, 3.8) is 0 Å². The smallest absolute Gasteiger partial charge is 0.339 e. The van der Waals surface area contributed by atoms with Crippen molar-refractivity contribution >= 4 is 63.7 Å². The first-order chi connectivity index (χ1) is 14.3. The molecule has 0 radical (unpaired) electrons. The highest BCUT2D eigenvalue weighted by molar-refractivity contribution is 7.14. The number of anilines is 1. The van der Waals surface area contributed by atoms with Crippen LogP contribution in [0.2, 0.25) is 15.1 Å². The summed E-state index contributed by atoms with van der Waals surface area (Å²) in [4.78, 5) is 25.2. The third-order valence-corrected chi connectivity index (χ3v) is 6.35. The fourth-order valence-electron chi connectivity index (χ4n) is 2.73. The molecule has 0 spiro atoms. The molecule has 6 nitrogen and oxygen atoms in total. The summed E-state index contributed by atoms with van der Waals surface area (Å²) in [5, 5.41) is 13.8. The molecule has 0 saturated heterocycles. The number of carboxylic acid groups (broad SMARTS) is 1. The van der Waals surface area contributed by atoms with Crippen LogP contribution in [0.15, 0.2) is 35.7 Å². The van der Waals surface area contributed by atoms with E-state index in [0.717, 1.165) is 0 Å². The number of carbonyl (C=O) groups excluding carboxylic acids is 1. The summed E-state index contributed by atoms with van der Waals surface area (Å²) in [6.45, 7) is 0. The largest absolute Gasteiger partial charge is 0.497 e. The number of nitrogens with one attached hydrogen (secondary N) is 1. The monoisotopic (exact) mass is 485 g/mol. The molecule has 2 aromatic carbocycles. The van der Waals surface area contributed by atoms with E-state index >= 15 is 0 Å². The van der Waals surface area contributed by atoms with Crippen LogP contribution < -0.4 is 14.8 Å². The van der Waals surface area contributed by atoms with E-state index in [1.165, 1.54) is 37.0 Å². The summed E-state index contributed by atoms with van der Waals surface area (Å²) in [6.07, 6.45) is 0. The van der Waals surface area contributed by atoms with E-state index in [1.54, 1.807) is 24.3 Å². The molecule has 0 saturated carbocycles. The van der Waals surface area contributed by atoms with Gasteiger partial charge in [-0.05, 0) is 29.8 Å². The maximum Gasteiger partial charge on any atom is 0.339 e. The van der Waals surface area contributed by atoms with Gasteiger partial charge in [0.05, 0.1) is 40.4 Å². The first-order valence-electron chi connectivity index (χ1n) is 8.30. The molecule has 30 heavy (non-hydrogen) atoms. The molecule has 3 rings (SSSR count). The number of carboxylic acids is 1. The number of carbonyl (C=O) groups is 2. The minimum atomic E-state index is -1.19. The van der Waals surface area contributed by atoms with E-state index in [4.69, 9.17) is 44.3 Å². The van der Waals surface area contributed by atoms with Crippen LogP contribution in [0.5, 0.6) is 11.5 Å². The van der Waals surface area contributed by atoms with Gasteiger partial charge >= 0.3 is 5.97 Å². The number of ether oxygens (including phenoxy) is 2. The molecule has 0 aliphatic rings. The average molecular weight is 487 g/mol. The predicted molar refractivity (Wildman–Crippen MR) is 119 cm³/mol. The van der Waals surface area contributed by atoms with Crippen molar-refractivity contribution < 1.29 is 24.2 Å². The summed E-state index contributed by atoms with van der Waals surface area (Å²) in [7, 11) is 2.93. The van der Waals surface area contributed by atoms with Crippen molar-refractivity contribution in [3.05, 3.63) is 61.9 Å². The molecule has 3 aromatic rings. The van der Waals surface area contributed by atoms with Crippen LogP contribution in [0.1, 0.15) is 20.7 Å². The van der Waals surface area contributed by atoms with Crippen molar-refractivity contribution in [2.75, 3.05) is 19.5 Å². The van der Waals surface area contributed by atoms with Gasteiger partial charge in [-0.25, -0.2) is 4.79 Å². The van der Waals surface area contributed by atoms with Crippen LogP contribution in [0, 0.1) is 0 Å². The van der Waals surface area contributed by atoms with Gasteiger partial charge < -0.3 is 19.9 Å². The van der Waals surface area contributed by atoms with Crippen LogP contribution in [-0.2, 0) is 0 Å². The van der Waals surface area contributed by atoms with Crippen LogP contribution in [0.4, 0.5) is 5.69 Å². The Balaban J connectivity index is 2.00. The zero-order valence-corrected chi connectivity index (χ0v) is 18.7. The summed E-state index contributed by atoms with van der Waals surface area (Å²) in [6, 6.07) is 8.27. The van der Waals surface area contributed by atoms with E-state index in [-0.39, 0.29) is 37.6 Å². The number of amides is 1. The van der Waals surface area contributed by atoms with Crippen LogP contribution in [0.25, 0.3) is 10.4 Å². The molecule has 0 atom stereocenters. The molecular weight excluding hydrogens is 473 g/mol. The summed E-state index contributed by atoms with van der Waals surface area (Å²) in [5.41, 5.74) is 0.646. The lowest BCUT2D eigenvalue weighted by Crippen LogP contribution is -2.15. The quantitative estimate of drug-likeness (QED) is 0.397. The highest BCUT2D eigenvalue weighted by Crippen LogP contribution is 2.41. The molecule has 0 aliphatic heterocycles. The summed E-state index contributed by atoms with van der Waals surface area (Å²) in [5.74, 6) is -1.04. The number of rotatable bonds is 6. The lowest BCUT2D eigenvalue weighted by molar-refractivity contribution is 0.0699. The molecule has 0 bridgehead atoms. The van der Waals surface area contributed by atoms with E-state index in [0.29, 0.717) is 16.2 Å². The zero-order valence-electron chi connectivity index (χ0n) is 15.6. The summed E-state index contributed by atoms with van der Waals surface area (Å²) >= 11 is 19.6. The van der Waals surface area contributed by atoms with Gasteiger partial charge in [0.15, 0.2) is 0 Å². The van der Waals surface area contributed by atoms with E-state index in [1.807, 2.05) is 0 Å². The molecule has 156 valence electrons. The zero-order chi connectivity index (χ0) is 22.0. The molecule has 0 unspecified atom stereocenters. The molecule has 10 heteroatoms. The minimum absolute atomic E-state index is 0.0150. The highest BCUT2D eigenvalue weighted by atomic mass is 35.5. The fourth-order valence-corrected chi connectivity index (χ4v) is 4.57. The van der Waals surface area contributed by atoms with E-state index in [2.05, 4.69) is 5.32 Å². The Morgan fingerprint density at radius 1 is 1.00 bits per heavy atom. The molecular formula is C20H14Cl3NO5S. The average Bonchev–Trinajstić information content (AvgIpc) is 3.14. The van der Waals surface area contributed by atoms with Crippen molar-refractivity contribution in [1.29, 1.82) is 0 Å². The molecule has 2 N–H and O–H groups in total. The first-order valence-corrected chi connectivity index (χ1v) is 10.3. The fraction of sp³-hybridized carbons (Fsp3) is 0.100. The van der Waals surface area contributed by atoms with Crippen molar-refractivity contribution in [3.8, 4) is 21.9 Å². The van der Waals surface area contributed by atoms with Gasteiger partial charge in [-0.1, -0.05) is 34.8 Å². The second-order valence-electron chi connectivity index (χ2n) is 5.90.